The van der Waals surface area contributed by atoms with E-state index >= 15 is 0 Å². The monoisotopic (exact) mass is 161 g/mol. The molecule has 2 saturated heterocycles. The Bertz CT molecular complexity index is 163. The largest absolute Gasteiger partial charge is 0.285 e. The molecule has 0 aliphatic carbocycles. The van der Waals surface area contributed by atoms with Crippen molar-refractivity contribution in [1.29, 1.82) is 0 Å². The summed E-state index contributed by atoms with van der Waals surface area (Å²) >= 11 is 1.53. The molecule has 0 aromatic rings. The van der Waals surface area contributed by atoms with E-state index in [4.69, 9.17) is 0 Å². The smallest absolute Gasteiger partial charge is 0.206 e. The Morgan fingerprint density at radius 2 is 2.56 bits per heavy atom. The summed E-state index contributed by atoms with van der Waals surface area (Å²) in [5.74, 6) is 0. The molecule has 2 bridgehead atoms. The van der Waals surface area contributed by atoms with Crippen molar-refractivity contribution < 1.29 is 4.79 Å². The van der Waals surface area contributed by atoms with E-state index in [1.807, 2.05) is 0 Å². The minimum Gasteiger partial charge on any atom is -0.285 e. The average molecular weight is 161 g/mol. The van der Waals surface area contributed by atoms with Crippen molar-refractivity contribution >= 4 is 26.3 Å². The van der Waals surface area contributed by atoms with Gasteiger partial charge in [-0.2, -0.15) is 0 Å². The van der Waals surface area contributed by atoms with E-state index in [0.29, 0.717) is 10.4 Å². The third-order valence-electron chi connectivity index (χ3n) is 1.86. The van der Waals surface area contributed by atoms with Crippen LogP contribution in [0.4, 0.5) is 0 Å². The second-order valence-electron chi connectivity index (χ2n) is 2.51. The molecule has 0 spiro atoms. The van der Waals surface area contributed by atoms with Gasteiger partial charge in [-0.25, -0.2) is 0 Å². The molecule has 4 heteroatoms. The molecule has 0 N–H and O–H groups in total. The van der Waals surface area contributed by atoms with Gasteiger partial charge in [-0.1, -0.05) is 21.2 Å². The molecule has 2 rings (SSSR count). The lowest BCUT2D eigenvalue weighted by Crippen LogP contribution is -2.28. The van der Waals surface area contributed by atoms with Gasteiger partial charge in [0.05, 0.1) is 6.04 Å². The van der Waals surface area contributed by atoms with Gasteiger partial charge in [-0.15, -0.1) is 0 Å². The topological polar surface area (TPSA) is 20.3 Å². The van der Waals surface area contributed by atoms with Crippen LogP contribution in [0.3, 0.4) is 0 Å². The molecule has 2 fully saturated rings. The maximum atomic E-state index is 11.0. The molecule has 0 radical (unpaired) electrons. The third-order valence-corrected chi connectivity index (χ3v) is 3.61. The number of fused-ring (bicyclic) bond motifs is 2. The van der Waals surface area contributed by atoms with Crippen LogP contribution in [0, 0.1) is 0 Å². The summed E-state index contributed by atoms with van der Waals surface area (Å²) in [5.41, 5.74) is 0. The molecule has 3 unspecified atom stereocenters. The summed E-state index contributed by atoms with van der Waals surface area (Å²) in [4.78, 5) is 11.0. The van der Waals surface area contributed by atoms with Crippen molar-refractivity contribution in [1.82, 2.24) is 4.67 Å². The summed E-state index contributed by atoms with van der Waals surface area (Å²) in [6.45, 7) is 1.08. The van der Waals surface area contributed by atoms with Gasteiger partial charge < -0.3 is 0 Å². The van der Waals surface area contributed by atoms with Crippen LogP contribution in [0.5, 0.6) is 0 Å². The molecule has 9 heavy (non-hydrogen) atoms. The number of hydrogen-bond acceptors (Lipinski definition) is 3. The first-order valence-corrected chi connectivity index (χ1v) is 4.39. The van der Waals surface area contributed by atoms with E-state index in [2.05, 4.69) is 14.1 Å². The normalized spacial score (nSPS) is 42.6. The molecule has 0 aromatic carbocycles. The Morgan fingerprint density at radius 1 is 1.78 bits per heavy atom. The lowest BCUT2D eigenvalue weighted by atomic mass is 10.2. The van der Waals surface area contributed by atoms with Crippen molar-refractivity contribution in [2.24, 2.45) is 0 Å². The lowest BCUT2D eigenvalue weighted by Gasteiger charge is -2.18. The van der Waals surface area contributed by atoms with Crippen LogP contribution in [-0.4, -0.2) is 27.6 Å². The van der Waals surface area contributed by atoms with Gasteiger partial charge in [0.15, 0.2) is 0 Å². The van der Waals surface area contributed by atoms with Gasteiger partial charge in [0, 0.05) is 11.8 Å². The fraction of sp³-hybridized carbons (Fsp3) is 0.800. The third kappa shape index (κ3) is 0.830. The molecule has 0 amide bonds. The molecular formula is C5H8NOPS. The van der Waals surface area contributed by atoms with E-state index < -0.39 is 0 Å². The SMILES string of the molecule is O=C1SC2CC1N(P)C2. The molecule has 2 nitrogen and oxygen atoms in total. The van der Waals surface area contributed by atoms with E-state index in [9.17, 15) is 4.79 Å². The molecule has 50 valence electrons. The highest BCUT2D eigenvalue weighted by Gasteiger charge is 2.43. The zero-order valence-electron chi connectivity index (χ0n) is 4.91. The molecule has 2 heterocycles. The first-order valence-electron chi connectivity index (χ1n) is 2.99. The van der Waals surface area contributed by atoms with Gasteiger partial charge in [0.2, 0.25) is 5.12 Å². The van der Waals surface area contributed by atoms with E-state index in [-0.39, 0.29) is 6.04 Å². The highest BCUT2D eigenvalue weighted by Crippen LogP contribution is 2.40. The molecule has 2 aliphatic heterocycles. The number of hydrogen-bond donors (Lipinski definition) is 0. The van der Waals surface area contributed by atoms with Gasteiger partial charge in [0.1, 0.15) is 0 Å². The van der Waals surface area contributed by atoms with E-state index in [0.717, 1.165) is 13.0 Å². The van der Waals surface area contributed by atoms with Crippen LogP contribution in [0.25, 0.3) is 0 Å². The van der Waals surface area contributed by atoms with Crippen LogP contribution in [0.1, 0.15) is 6.42 Å². The molecule has 3 atom stereocenters. The van der Waals surface area contributed by atoms with E-state index in [1.54, 1.807) is 0 Å². The van der Waals surface area contributed by atoms with Crippen LogP contribution in [-0.2, 0) is 4.79 Å². The van der Waals surface area contributed by atoms with Crippen LogP contribution in [0.2, 0.25) is 0 Å². The highest BCUT2D eigenvalue weighted by atomic mass is 32.2. The van der Waals surface area contributed by atoms with Gasteiger partial charge in [0.25, 0.3) is 0 Å². The van der Waals surface area contributed by atoms with Crippen LogP contribution < -0.4 is 0 Å². The first-order chi connectivity index (χ1) is 4.27. The Morgan fingerprint density at radius 3 is 2.89 bits per heavy atom. The lowest BCUT2D eigenvalue weighted by molar-refractivity contribution is -0.113. The predicted octanol–water partition coefficient (Wildman–Crippen LogP) is 0.493. The first kappa shape index (κ1) is 6.14. The van der Waals surface area contributed by atoms with Crippen molar-refractivity contribution in [3.05, 3.63) is 0 Å². The Hall–Kier alpha value is 0.410. The molecular weight excluding hydrogens is 153 g/mol. The van der Waals surface area contributed by atoms with Crippen LogP contribution >= 0.6 is 21.2 Å². The van der Waals surface area contributed by atoms with Crippen molar-refractivity contribution in [3.8, 4) is 0 Å². The number of carbonyl (C=O) groups is 1. The summed E-state index contributed by atoms with van der Waals surface area (Å²) in [5, 5.41) is 0.959. The minimum atomic E-state index is 0.227. The summed E-state index contributed by atoms with van der Waals surface area (Å²) in [6, 6.07) is 0.227. The second-order valence-corrected chi connectivity index (χ2v) is 4.48. The number of thioether (sulfide) groups is 1. The summed E-state index contributed by atoms with van der Waals surface area (Å²) in [6.07, 6.45) is 1.08. The summed E-state index contributed by atoms with van der Waals surface area (Å²) in [7, 11) is 2.61. The number of nitrogens with zero attached hydrogens (tertiary/aromatic N) is 1. The fourth-order valence-electron chi connectivity index (χ4n) is 1.38. The van der Waals surface area contributed by atoms with Crippen LogP contribution in [0.15, 0.2) is 0 Å². The Balaban J connectivity index is 2.21. The molecule has 0 aromatic heterocycles. The zero-order chi connectivity index (χ0) is 6.43. The van der Waals surface area contributed by atoms with Crippen molar-refractivity contribution in [2.75, 3.05) is 6.54 Å². The van der Waals surface area contributed by atoms with Gasteiger partial charge >= 0.3 is 0 Å². The average Bonchev–Trinajstić information content (AvgIpc) is 2.22. The quantitative estimate of drug-likeness (QED) is 0.482. The molecule has 2 aliphatic rings. The second kappa shape index (κ2) is 1.94. The highest BCUT2D eigenvalue weighted by molar-refractivity contribution is 8.14. The van der Waals surface area contributed by atoms with Crippen molar-refractivity contribution in [3.63, 3.8) is 0 Å². The Labute approximate surface area is 60.6 Å². The number of carbonyl (C=O) groups excluding carboxylic acids is 1. The van der Waals surface area contributed by atoms with E-state index in [1.165, 1.54) is 11.8 Å². The minimum absolute atomic E-state index is 0.227. The summed E-state index contributed by atoms with van der Waals surface area (Å²) < 4.78 is 2.07. The number of rotatable bonds is 0. The maximum absolute atomic E-state index is 11.0. The van der Waals surface area contributed by atoms with Gasteiger partial charge in [-0.05, 0) is 6.42 Å². The maximum Gasteiger partial charge on any atom is 0.206 e. The predicted molar refractivity (Wildman–Crippen MR) is 41.2 cm³/mol. The Kier molecular flexibility index (Phi) is 1.33. The van der Waals surface area contributed by atoms with Gasteiger partial charge in [-0.3, -0.25) is 9.46 Å². The zero-order valence-corrected chi connectivity index (χ0v) is 6.88. The standard InChI is InChI=1S/C5H8NOPS/c7-5-4-1-3(9-5)2-6(4)8/h3-4H,1-2,8H2. The van der Waals surface area contributed by atoms with Crippen molar-refractivity contribution in [2.45, 2.75) is 17.7 Å². The molecule has 0 saturated carbocycles. The fourth-order valence-corrected chi connectivity index (χ4v) is 3.40.